The zero-order valence-electron chi connectivity index (χ0n) is 17.5. The van der Waals surface area contributed by atoms with Gasteiger partial charge in [0.2, 0.25) is 5.91 Å². The monoisotopic (exact) mass is 480 g/mol. The lowest BCUT2D eigenvalue weighted by Gasteiger charge is -2.34. The van der Waals surface area contributed by atoms with Crippen LogP contribution in [0.1, 0.15) is 61.7 Å². The average molecular weight is 481 g/mol. The van der Waals surface area contributed by atoms with Crippen LogP contribution < -0.4 is 0 Å². The molecule has 0 unspecified atom stereocenters. The van der Waals surface area contributed by atoms with Crippen LogP contribution in [0.25, 0.3) is 0 Å². The Kier molecular flexibility index (Phi) is 6.13. The van der Waals surface area contributed by atoms with Crippen molar-refractivity contribution < 1.29 is 13.2 Å². The molecule has 31 heavy (non-hydrogen) atoms. The smallest absolute Gasteiger partial charge is 0.233 e. The van der Waals surface area contributed by atoms with Crippen LogP contribution >= 0.6 is 23.1 Å². The summed E-state index contributed by atoms with van der Waals surface area (Å²) in [6.45, 7) is 0. The summed E-state index contributed by atoms with van der Waals surface area (Å²) in [6.07, 6.45) is 7.79. The van der Waals surface area contributed by atoms with Gasteiger partial charge in [0.05, 0.1) is 17.3 Å². The van der Waals surface area contributed by atoms with Crippen LogP contribution in [0.15, 0.2) is 22.7 Å². The van der Waals surface area contributed by atoms with Crippen molar-refractivity contribution in [3.63, 3.8) is 0 Å². The molecule has 5 rings (SSSR count). The van der Waals surface area contributed by atoms with E-state index in [2.05, 4.69) is 26.2 Å². The molecule has 0 bridgehead atoms. The van der Waals surface area contributed by atoms with Gasteiger partial charge in [0.15, 0.2) is 15.0 Å². The number of sulfone groups is 1. The van der Waals surface area contributed by atoms with Crippen LogP contribution in [0.4, 0.5) is 0 Å². The molecule has 0 aromatic carbocycles. The molecule has 2 aliphatic carbocycles. The lowest BCUT2D eigenvalue weighted by atomic mass is 10.1. The van der Waals surface area contributed by atoms with Crippen molar-refractivity contribution in [3.8, 4) is 0 Å². The molecule has 2 saturated carbocycles. The minimum atomic E-state index is -3.03. The van der Waals surface area contributed by atoms with Gasteiger partial charge < -0.3 is 9.47 Å². The SMILES string of the molecule is O=C(CSc1nnc(Cc2cccs2)n1C1CC1)N(C1CCCC1)[C@@H]1CCS(=O)(=O)C1. The van der Waals surface area contributed by atoms with E-state index in [0.29, 0.717) is 12.5 Å². The van der Waals surface area contributed by atoms with Crippen molar-refractivity contribution in [2.45, 2.75) is 74.6 Å². The molecule has 0 radical (unpaired) electrons. The first-order chi connectivity index (χ1) is 15.0. The fraction of sp³-hybridized carbons (Fsp3) is 0.667. The Morgan fingerprint density at radius 3 is 2.61 bits per heavy atom. The van der Waals surface area contributed by atoms with E-state index in [1.165, 1.54) is 16.6 Å². The van der Waals surface area contributed by atoms with E-state index in [1.807, 2.05) is 11.0 Å². The number of nitrogens with zero attached hydrogens (tertiary/aromatic N) is 4. The van der Waals surface area contributed by atoms with E-state index in [0.717, 1.165) is 55.9 Å². The average Bonchev–Trinajstić information content (AvgIpc) is 3.18. The molecule has 1 aliphatic heterocycles. The van der Waals surface area contributed by atoms with Gasteiger partial charge in [-0.3, -0.25) is 4.79 Å². The summed E-state index contributed by atoms with van der Waals surface area (Å²) in [5.41, 5.74) is 0. The van der Waals surface area contributed by atoms with Crippen LogP contribution in [0.3, 0.4) is 0 Å². The summed E-state index contributed by atoms with van der Waals surface area (Å²) < 4.78 is 26.3. The minimum absolute atomic E-state index is 0.0455. The first-order valence-electron chi connectivity index (χ1n) is 11.1. The van der Waals surface area contributed by atoms with Crippen LogP contribution in [-0.2, 0) is 21.1 Å². The largest absolute Gasteiger partial charge is 0.335 e. The summed E-state index contributed by atoms with van der Waals surface area (Å²) in [7, 11) is -3.03. The number of hydrogen-bond donors (Lipinski definition) is 0. The second-order valence-electron chi connectivity index (χ2n) is 8.84. The highest BCUT2D eigenvalue weighted by Crippen LogP contribution is 2.39. The number of amides is 1. The fourth-order valence-corrected chi connectivity index (χ4v) is 8.18. The normalized spacial score (nSPS) is 23.4. The maximum atomic E-state index is 13.3. The van der Waals surface area contributed by atoms with Gasteiger partial charge in [0, 0.05) is 29.4 Å². The van der Waals surface area contributed by atoms with E-state index in [1.54, 1.807) is 11.3 Å². The standard InChI is InChI=1S/C21H28N4O3S3/c26-20(24(15-4-1-2-5-15)17-9-11-31(27,28)14-17)13-30-21-23-22-19(25(21)16-7-8-16)12-18-6-3-10-29-18/h3,6,10,15-17H,1-2,4-5,7-9,11-14H2/t17-/m1/s1. The second kappa shape index (κ2) is 8.86. The summed E-state index contributed by atoms with van der Waals surface area (Å²) in [4.78, 5) is 16.5. The highest BCUT2D eigenvalue weighted by molar-refractivity contribution is 7.99. The number of carbonyl (C=O) groups excluding carboxylic acids is 1. The molecule has 3 fully saturated rings. The highest BCUT2D eigenvalue weighted by atomic mass is 32.2. The van der Waals surface area contributed by atoms with E-state index in [-0.39, 0.29) is 35.2 Å². The number of thioether (sulfide) groups is 1. The fourth-order valence-electron chi connectivity index (χ4n) is 4.88. The van der Waals surface area contributed by atoms with Gasteiger partial charge >= 0.3 is 0 Å². The predicted molar refractivity (Wildman–Crippen MR) is 122 cm³/mol. The molecule has 3 aliphatic rings. The Balaban J connectivity index is 1.30. The van der Waals surface area contributed by atoms with Gasteiger partial charge in [-0.05, 0) is 43.6 Å². The Morgan fingerprint density at radius 1 is 1.16 bits per heavy atom. The van der Waals surface area contributed by atoms with Crippen molar-refractivity contribution in [2.24, 2.45) is 0 Å². The minimum Gasteiger partial charge on any atom is -0.335 e. The van der Waals surface area contributed by atoms with E-state index >= 15 is 0 Å². The van der Waals surface area contributed by atoms with Crippen molar-refractivity contribution in [1.29, 1.82) is 0 Å². The maximum Gasteiger partial charge on any atom is 0.233 e. The van der Waals surface area contributed by atoms with Gasteiger partial charge in [-0.1, -0.05) is 30.7 Å². The summed E-state index contributed by atoms with van der Waals surface area (Å²) >= 11 is 3.18. The van der Waals surface area contributed by atoms with E-state index in [4.69, 9.17) is 0 Å². The molecule has 1 atom stereocenters. The molecular weight excluding hydrogens is 452 g/mol. The summed E-state index contributed by atoms with van der Waals surface area (Å²) in [5, 5.41) is 11.7. The van der Waals surface area contributed by atoms with Gasteiger partial charge in [0.1, 0.15) is 5.82 Å². The third-order valence-electron chi connectivity index (χ3n) is 6.49. The van der Waals surface area contributed by atoms with E-state index < -0.39 is 9.84 Å². The molecule has 168 valence electrons. The van der Waals surface area contributed by atoms with Crippen LogP contribution in [-0.4, -0.2) is 63.3 Å². The highest BCUT2D eigenvalue weighted by Gasteiger charge is 2.39. The molecule has 1 amide bonds. The Labute approximate surface area is 191 Å². The lowest BCUT2D eigenvalue weighted by molar-refractivity contribution is -0.132. The number of hydrogen-bond acceptors (Lipinski definition) is 7. The van der Waals surface area contributed by atoms with Gasteiger partial charge in [0.25, 0.3) is 0 Å². The first kappa shape index (κ1) is 21.5. The van der Waals surface area contributed by atoms with Crippen molar-refractivity contribution >= 4 is 38.8 Å². The molecule has 1 saturated heterocycles. The topological polar surface area (TPSA) is 85.2 Å². The first-order valence-corrected chi connectivity index (χ1v) is 14.8. The molecule has 0 spiro atoms. The lowest BCUT2D eigenvalue weighted by Crippen LogP contribution is -2.47. The second-order valence-corrected chi connectivity index (χ2v) is 13.0. The van der Waals surface area contributed by atoms with Crippen molar-refractivity contribution in [2.75, 3.05) is 17.3 Å². The van der Waals surface area contributed by atoms with Crippen LogP contribution in [0.5, 0.6) is 0 Å². The van der Waals surface area contributed by atoms with Crippen molar-refractivity contribution in [3.05, 3.63) is 28.2 Å². The molecule has 2 aromatic heterocycles. The van der Waals surface area contributed by atoms with Gasteiger partial charge in [-0.15, -0.1) is 21.5 Å². The Hall–Kier alpha value is -1.39. The molecule has 0 N–H and O–H groups in total. The molecular formula is C21H28N4O3S3. The summed E-state index contributed by atoms with van der Waals surface area (Å²) in [6, 6.07) is 4.61. The maximum absolute atomic E-state index is 13.3. The predicted octanol–water partition coefficient (Wildman–Crippen LogP) is 3.32. The Bertz CT molecular complexity index is 1020. The van der Waals surface area contributed by atoms with Crippen molar-refractivity contribution in [1.82, 2.24) is 19.7 Å². The zero-order valence-corrected chi connectivity index (χ0v) is 19.9. The van der Waals surface area contributed by atoms with Gasteiger partial charge in [-0.2, -0.15) is 0 Å². The third-order valence-corrected chi connectivity index (χ3v) is 10.0. The molecule has 10 heteroatoms. The van der Waals surface area contributed by atoms with Gasteiger partial charge in [-0.25, -0.2) is 8.42 Å². The molecule has 7 nitrogen and oxygen atoms in total. The zero-order chi connectivity index (χ0) is 21.4. The summed E-state index contributed by atoms with van der Waals surface area (Å²) in [5.74, 6) is 1.61. The Morgan fingerprint density at radius 2 is 1.97 bits per heavy atom. The van der Waals surface area contributed by atoms with Crippen LogP contribution in [0, 0.1) is 0 Å². The number of thiophene rings is 1. The number of carbonyl (C=O) groups is 1. The van der Waals surface area contributed by atoms with E-state index in [9.17, 15) is 13.2 Å². The number of aromatic nitrogens is 3. The van der Waals surface area contributed by atoms with Crippen LogP contribution in [0.2, 0.25) is 0 Å². The third kappa shape index (κ3) is 4.85. The molecule has 2 aromatic rings. The quantitative estimate of drug-likeness (QED) is 0.539. The molecule has 3 heterocycles. The number of rotatable bonds is 8.